The van der Waals surface area contributed by atoms with Crippen molar-refractivity contribution >= 4 is 27.7 Å². The van der Waals surface area contributed by atoms with Crippen molar-refractivity contribution in [3.05, 3.63) is 100 Å². The van der Waals surface area contributed by atoms with Crippen LogP contribution in [0.1, 0.15) is 48.5 Å². The van der Waals surface area contributed by atoms with E-state index in [0.29, 0.717) is 31.1 Å². The maximum atomic E-state index is 14.4. The van der Waals surface area contributed by atoms with Crippen molar-refractivity contribution in [1.29, 1.82) is 0 Å². The molecule has 1 fully saturated rings. The van der Waals surface area contributed by atoms with Crippen LogP contribution in [-0.2, 0) is 16.0 Å². The first kappa shape index (κ1) is 26.4. The topological polar surface area (TPSA) is 71.4 Å². The van der Waals surface area contributed by atoms with E-state index < -0.39 is 11.6 Å². The van der Waals surface area contributed by atoms with E-state index in [2.05, 4.69) is 15.9 Å². The summed E-state index contributed by atoms with van der Waals surface area (Å²) in [7, 11) is 0. The second-order valence-corrected chi connectivity index (χ2v) is 10.8. The Hall–Kier alpha value is -3.16. The fourth-order valence-corrected chi connectivity index (χ4v) is 5.44. The van der Waals surface area contributed by atoms with Gasteiger partial charge in [0.1, 0.15) is 5.75 Å². The van der Waals surface area contributed by atoms with Gasteiger partial charge in [0.25, 0.3) is 5.91 Å². The van der Waals surface area contributed by atoms with Gasteiger partial charge in [0.15, 0.2) is 11.6 Å². The molecule has 0 saturated carbocycles. The second-order valence-electron chi connectivity index (χ2n) is 9.86. The Labute approximate surface area is 232 Å². The summed E-state index contributed by atoms with van der Waals surface area (Å²) in [6, 6.07) is 25.6. The van der Waals surface area contributed by atoms with Crippen LogP contribution < -0.4 is 4.74 Å². The Kier molecular flexibility index (Phi) is 8.45. The van der Waals surface area contributed by atoms with Crippen molar-refractivity contribution in [2.75, 3.05) is 26.3 Å². The molecule has 0 bridgehead atoms. The van der Waals surface area contributed by atoms with E-state index >= 15 is 0 Å². The normalized spacial score (nSPS) is 21.1. The van der Waals surface area contributed by atoms with Gasteiger partial charge in [-0.15, -0.1) is 0 Å². The molecule has 2 aliphatic rings. The van der Waals surface area contributed by atoms with E-state index in [1.807, 2.05) is 83.8 Å². The molecule has 198 valence electrons. The summed E-state index contributed by atoms with van der Waals surface area (Å²) in [5.41, 5.74) is 1.63. The van der Waals surface area contributed by atoms with Gasteiger partial charge in [-0.3, -0.25) is 4.79 Å². The molecule has 1 amide bonds. The van der Waals surface area contributed by atoms with E-state index in [-0.39, 0.29) is 12.5 Å². The van der Waals surface area contributed by atoms with Crippen molar-refractivity contribution in [2.24, 2.45) is 4.99 Å². The summed E-state index contributed by atoms with van der Waals surface area (Å²) in [5, 5.41) is 9.01. The van der Waals surface area contributed by atoms with Gasteiger partial charge in [-0.1, -0.05) is 58.4 Å². The lowest BCUT2D eigenvalue weighted by atomic mass is 9.81. The minimum atomic E-state index is -1.13. The molecule has 2 heterocycles. The molecule has 0 spiro atoms. The molecule has 7 heteroatoms. The molecule has 5 rings (SSSR count). The predicted molar refractivity (Wildman–Crippen MR) is 151 cm³/mol. The van der Waals surface area contributed by atoms with Gasteiger partial charge in [-0.2, -0.15) is 0 Å². The predicted octanol–water partition coefficient (Wildman–Crippen LogP) is 5.72. The van der Waals surface area contributed by atoms with E-state index in [4.69, 9.17) is 19.6 Å². The monoisotopic (exact) mass is 576 g/mol. The molecule has 0 aliphatic carbocycles. The largest absolute Gasteiger partial charge is 0.494 e. The Balaban J connectivity index is 1.56. The van der Waals surface area contributed by atoms with Crippen LogP contribution in [0, 0.1) is 0 Å². The molecule has 3 aromatic carbocycles. The number of aliphatic hydroxyl groups is 1. The number of hydrogen-bond donors (Lipinski definition) is 1. The first-order chi connectivity index (χ1) is 18.6. The van der Waals surface area contributed by atoms with E-state index in [9.17, 15) is 4.79 Å². The molecule has 6 nitrogen and oxygen atoms in total. The molecule has 3 aromatic rings. The van der Waals surface area contributed by atoms with Crippen LogP contribution in [0.25, 0.3) is 0 Å². The van der Waals surface area contributed by atoms with Crippen LogP contribution in [0.4, 0.5) is 0 Å². The summed E-state index contributed by atoms with van der Waals surface area (Å²) < 4.78 is 13.3. The average molecular weight is 578 g/mol. The molecule has 1 N–H and O–H groups in total. The number of likely N-dealkylation sites (tertiary alicyclic amines) is 1. The minimum Gasteiger partial charge on any atom is -0.494 e. The van der Waals surface area contributed by atoms with Gasteiger partial charge >= 0.3 is 0 Å². The van der Waals surface area contributed by atoms with Crippen molar-refractivity contribution < 1.29 is 19.4 Å². The van der Waals surface area contributed by atoms with Crippen molar-refractivity contribution in [1.82, 2.24) is 4.90 Å². The smallest absolute Gasteiger partial charge is 0.255 e. The SMILES string of the molecule is O=C(N1CCCCC1)[C@]1(Cc2ccc(Br)cc2)N=C(c2ccc(OCCCO)cc2)O[C@@H]1c1ccccc1. The molecule has 0 aromatic heterocycles. The lowest BCUT2D eigenvalue weighted by Gasteiger charge is -2.37. The van der Waals surface area contributed by atoms with Crippen LogP contribution in [0.2, 0.25) is 0 Å². The van der Waals surface area contributed by atoms with E-state index in [1.165, 1.54) is 0 Å². The summed E-state index contributed by atoms with van der Waals surface area (Å²) in [6.45, 7) is 2.03. The fourth-order valence-electron chi connectivity index (χ4n) is 5.18. The number of carbonyl (C=O) groups excluding carboxylic acids is 1. The lowest BCUT2D eigenvalue weighted by Crippen LogP contribution is -2.53. The number of halogens is 1. The standard InChI is InChI=1S/C31H33BrN2O4/c32-26-14-10-23(11-15-26)22-31(30(36)34-18-5-2-6-19-34)28(24-8-3-1-4-9-24)38-29(33-31)25-12-16-27(17-13-25)37-21-7-20-35/h1,3-4,8-17,28,35H,2,5-7,18-22H2/t28-,31-/m1/s1. The van der Waals surface area contributed by atoms with Gasteiger partial charge in [0, 0.05) is 42.6 Å². The molecule has 2 aliphatic heterocycles. The molecule has 2 atom stereocenters. The Bertz CT molecular complexity index is 1240. The highest BCUT2D eigenvalue weighted by atomic mass is 79.9. The quantitative estimate of drug-likeness (QED) is 0.330. The first-order valence-corrected chi connectivity index (χ1v) is 14.1. The number of amides is 1. The maximum absolute atomic E-state index is 14.4. The zero-order valence-electron chi connectivity index (χ0n) is 21.4. The number of ether oxygens (including phenoxy) is 2. The molecule has 1 saturated heterocycles. The molecule has 38 heavy (non-hydrogen) atoms. The van der Waals surface area contributed by atoms with Gasteiger partial charge < -0.3 is 19.5 Å². The fraction of sp³-hybridized carbons (Fsp3) is 0.355. The van der Waals surface area contributed by atoms with E-state index in [1.54, 1.807) is 0 Å². The van der Waals surface area contributed by atoms with Crippen LogP contribution in [-0.4, -0.2) is 53.7 Å². The highest BCUT2D eigenvalue weighted by molar-refractivity contribution is 9.10. The number of nitrogens with zero attached hydrogens (tertiary/aromatic N) is 2. The lowest BCUT2D eigenvalue weighted by molar-refractivity contribution is -0.140. The summed E-state index contributed by atoms with van der Waals surface area (Å²) in [4.78, 5) is 21.6. The Morgan fingerprint density at radius 2 is 1.71 bits per heavy atom. The van der Waals surface area contributed by atoms with Crippen molar-refractivity contribution in [3.63, 3.8) is 0 Å². The third kappa shape index (κ3) is 5.79. The first-order valence-electron chi connectivity index (χ1n) is 13.3. The maximum Gasteiger partial charge on any atom is 0.255 e. The van der Waals surface area contributed by atoms with Crippen LogP contribution in [0.15, 0.2) is 88.3 Å². The number of benzene rings is 3. The number of hydrogen-bond acceptors (Lipinski definition) is 5. The third-order valence-electron chi connectivity index (χ3n) is 7.14. The summed E-state index contributed by atoms with van der Waals surface area (Å²) in [6.07, 6.45) is 3.60. The second kappa shape index (κ2) is 12.1. The zero-order valence-corrected chi connectivity index (χ0v) is 23.0. The van der Waals surface area contributed by atoms with Crippen LogP contribution >= 0.6 is 15.9 Å². The van der Waals surface area contributed by atoms with E-state index in [0.717, 1.165) is 53.5 Å². The minimum absolute atomic E-state index is 0.0212. The van der Waals surface area contributed by atoms with Crippen LogP contribution in [0.5, 0.6) is 5.75 Å². The zero-order chi connectivity index (χ0) is 26.4. The van der Waals surface area contributed by atoms with Gasteiger partial charge in [-0.05, 0) is 66.8 Å². The summed E-state index contributed by atoms with van der Waals surface area (Å²) >= 11 is 3.53. The van der Waals surface area contributed by atoms with Gasteiger partial charge in [0.05, 0.1) is 6.61 Å². The number of aliphatic imine (C=N–C) groups is 1. The number of rotatable bonds is 9. The van der Waals surface area contributed by atoms with Crippen LogP contribution in [0.3, 0.4) is 0 Å². The molecular weight excluding hydrogens is 544 g/mol. The third-order valence-corrected chi connectivity index (χ3v) is 7.67. The Morgan fingerprint density at radius 1 is 1.00 bits per heavy atom. The van der Waals surface area contributed by atoms with Gasteiger partial charge in [0.2, 0.25) is 5.90 Å². The molecule has 0 radical (unpaired) electrons. The average Bonchev–Trinajstić information content (AvgIpc) is 3.35. The number of aliphatic hydroxyl groups excluding tert-OH is 1. The molecular formula is C31H33BrN2O4. The highest BCUT2D eigenvalue weighted by Crippen LogP contribution is 2.44. The highest BCUT2D eigenvalue weighted by Gasteiger charge is 2.54. The van der Waals surface area contributed by atoms with Crippen molar-refractivity contribution in [3.8, 4) is 5.75 Å². The van der Waals surface area contributed by atoms with Gasteiger partial charge in [-0.25, -0.2) is 4.99 Å². The number of piperidine rings is 1. The summed E-state index contributed by atoms with van der Waals surface area (Å²) in [5.74, 6) is 1.20. The molecule has 0 unspecified atom stereocenters. The Morgan fingerprint density at radius 3 is 2.39 bits per heavy atom. The van der Waals surface area contributed by atoms with Crippen molar-refractivity contribution in [2.45, 2.75) is 43.7 Å². The number of carbonyl (C=O) groups is 1.